The molecule has 1 unspecified atom stereocenters. The van der Waals surface area contributed by atoms with Crippen LogP contribution in [-0.4, -0.2) is 33.7 Å². The van der Waals surface area contributed by atoms with Gasteiger partial charge in [0.1, 0.15) is 3.53 Å². The van der Waals surface area contributed by atoms with Crippen molar-refractivity contribution in [2.75, 3.05) is 21.3 Å². The van der Waals surface area contributed by atoms with Gasteiger partial charge in [0.25, 0.3) is 0 Å². The van der Waals surface area contributed by atoms with Crippen molar-refractivity contribution in [3.63, 3.8) is 0 Å². The zero-order valence-electron chi connectivity index (χ0n) is 14.6. The molecule has 1 rings (SSSR count). The molecule has 1 aromatic carbocycles. The standard InChI is InChI=1S/C10H12S3.C6H16O3Si/c1-2-9(13-10(11)12)8-6-4-3-5-7-8;1-5-6-10(7-2,8-3)9-4/h3-7,9H,2H2,1H3,(H,11,12);5-6H2,1-4H3. The first-order valence-electron chi connectivity index (χ1n) is 7.58. The minimum absolute atomic E-state index is 0.450. The van der Waals surface area contributed by atoms with Crippen LogP contribution < -0.4 is 0 Å². The SMILES string of the molecule is CCC(SC(=S)S)c1ccccc1.CCC[Si](OC)(OC)OC. The normalized spacial score (nSPS) is 12.3. The third-order valence-corrected chi connectivity index (χ3v) is 7.95. The van der Waals surface area contributed by atoms with Crippen molar-refractivity contribution < 1.29 is 13.3 Å². The molecule has 7 heteroatoms. The van der Waals surface area contributed by atoms with Gasteiger partial charge < -0.3 is 13.3 Å². The van der Waals surface area contributed by atoms with Crippen LogP contribution in [0.3, 0.4) is 0 Å². The molecule has 0 fully saturated rings. The maximum atomic E-state index is 5.17. The smallest absolute Gasteiger partial charge is 0.377 e. The van der Waals surface area contributed by atoms with Gasteiger partial charge in [-0.15, -0.1) is 12.6 Å². The lowest BCUT2D eigenvalue weighted by atomic mass is 10.1. The Morgan fingerprint density at radius 1 is 1.13 bits per heavy atom. The summed E-state index contributed by atoms with van der Waals surface area (Å²) in [7, 11) is 2.68. The van der Waals surface area contributed by atoms with Crippen molar-refractivity contribution in [2.45, 2.75) is 38.0 Å². The highest BCUT2D eigenvalue weighted by molar-refractivity contribution is 8.41. The summed E-state index contributed by atoms with van der Waals surface area (Å²) in [6.07, 6.45) is 2.11. The molecule has 0 saturated heterocycles. The summed E-state index contributed by atoms with van der Waals surface area (Å²) < 4.78 is 16.2. The highest BCUT2D eigenvalue weighted by Crippen LogP contribution is 2.33. The largest absolute Gasteiger partial charge is 0.500 e. The van der Waals surface area contributed by atoms with E-state index in [1.807, 2.05) is 6.07 Å². The Balaban J connectivity index is 0.000000438. The molecule has 0 N–H and O–H groups in total. The predicted molar refractivity (Wildman–Crippen MR) is 111 cm³/mol. The van der Waals surface area contributed by atoms with Gasteiger partial charge in [0.2, 0.25) is 0 Å². The predicted octanol–water partition coefficient (Wildman–Crippen LogP) is 5.36. The number of thiol groups is 1. The van der Waals surface area contributed by atoms with Crippen molar-refractivity contribution in [3.8, 4) is 0 Å². The first-order valence-corrected chi connectivity index (χ1v) is 11.2. The Morgan fingerprint density at radius 2 is 1.65 bits per heavy atom. The van der Waals surface area contributed by atoms with Gasteiger partial charge in [-0.05, 0) is 12.0 Å². The molecule has 0 bridgehead atoms. The summed E-state index contributed by atoms with van der Waals surface area (Å²) in [5, 5.41) is 0.450. The fourth-order valence-electron chi connectivity index (χ4n) is 2.04. The molecular weight excluding hydrogens is 364 g/mol. The Bertz CT molecular complexity index is 420. The van der Waals surface area contributed by atoms with E-state index in [4.69, 9.17) is 25.5 Å². The summed E-state index contributed by atoms with van der Waals surface area (Å²) in [6, 6.07) is 11.3. The molecule has 3 nitrogen and oxygen atoms in total. The summed E-state index contributed by atoms with van der Waals surface area (Å²) >= 11 is 10.7. The van der Waals surface area contributed by atoms with Crippen LogP contribution in [0.15, 0.2) is 30.3 Å². The topological polar surface area (TPSA) is 27.7 Å². The summed E-state index contributed by atoms with van der Waals surface area (Å²) in [5.74, 6) is 0. The molecule has 0 aliphatic rings. The number of benzene rings is 1. The van der Waals surface area contributed by atoms with Gasteiger partial charge in [0.05, 0.1) is 0 Å². The van der Waals surface area contributed by atoms with Crippen molar-refractivity contribution in [1.82, 2.24) is 0 Å². The minimum Gasteiger partial charge on any atom is -0.377 e. The van der Waals surface area contributed by atoms with Gasteiger partial charge in [-0.2, -0.15) is 0 Å². The summed E-state index contributed by atoms with van der Waals surface area (Å²) in [5.41, 5.74) is 1.33. The lowest BCUT2D eigenvalue weighted by Gasteiger charge is -2.23. The monoisotopic (exact) mass is 392 g/mol. The van der Waals surface area contributed by atoms with Crippen LogP contribution in [0.1, 0.15) is 37.5 Å². The zero-order valence-corrected chi connectivity index (χ0v) is 18.1. The van der Waals surface area contributed by atoms with Gasteiger partial charge in [-0.25, -0.2) is 0 Å². The molecule has 0 amide bonds. The lowest BCUT2D eigenvalue weighted by Crippen LogP contribution is -2.42. The third-order valence-electron chi connectivity index (χ3n) is 3.27. The Hall–Kier alpha value is 0.107. The van der Waals surface area contributed by atoms with Gasteiger partial charge in [0.15, 0.2) is 0 Å². The second kappa shape index (κ2) is 13.4. The fraction of sp³-hybridized carbons (Fsp3) is 0.562. The average molecular weight is 393 g/mol. The molecule has 0 aliphatic heterocycles. The van der Waals surface area contributed by atoms with Crippen LogP contribution in [0.5, 0.6) is 0 Å². The molecular formula is C16H28O3S3Si. The molecule has 132 valence electrons. The first kappa shape index (κ1) is 23.1. The maximum absolute atomic E-state index is 5.17. The average Bonchev–Trinajstić information content (AvgIpc) is 2.59. The molecule has 23 heavy (non-hydrogen) atoms. The highest BCUT2D eigenvalue weighted by Gasteiger charge is 2.36. The summed E-state index contributed by atoms with van der Waals surface area (Å²) in [4.78, 5) is 0. The van der Waals surface area contributed by atoms with E-state index in [2.05, 4.69) is 50.7 Å². The molecule has 0 aliphatic carbocycles. The van der Waals surface area contributed by atoms with Crippen LogP contribution in [0.25, 0.3) is 0 Å². The molecule has 0 saturated carbocycles. The van der Waals surface area contributed by atoms with Gasteiger partial charge in [0, 0.05) is 32.6 Å². The Morgan fingerprint density at radius 3 is 1.96 bits per heavy atom. The highest BCUT2D eigenvalue weighted by atomic mass is 32.2. The molecule has 1 aromatic rings. The van der Waals surface area contributed by atoms with E-state index in [1.165, 1.54) is 5.56 Å². The van der Waals surface area contributed by atoms with E-state index >= 15 is 0 Å². The van der Waals surface area contributed by atoms with Gasteiger partial charge in [-0.1, -0.05) is 74.6 Å². The van der Waals surface area contributed by atoms with Crippen molar-refractivity contribution in [3.05, 3.63) is 35.9 Å². The maximum Gasteiger partial charge on any atom is 0.500 e. The van der Waals surface area contributed by atoms with Crippen LogP contribution >= 0.6 is 36.6 Å². The van der Waals surface area contributed by atoms with Crippen LogP contribution in [0.2, 0.25) is 6.04 Å². The summed E-state index contributed by atoms with van der Waals surface area (Å²) in [6.45, 7) is 4.25. The molecule has 1 atom stereocenters. The third kappa shape index (κ3) is 9.24. The van der Waals surface area contributed by atoms with Crippen LogP contribution in [-0.2, 0) is 13.3 Å². The fourth-order valence-corrected chi connectivity index (χ4v) is 5.20. The van der Waals surface area contributed by atoms with Crippen LogP contribution in [0, 0.1) is 0 Å². The lowest BCUT2D eigenvalue weighted by molar-refractivity contribution is 0.123. The van der Waals surface area contributed by atoms with Gasteiger partial charge >= 0.3 is 8.80 Å². The quantitative estimate of drug-likeness (QED) is 0.365. The molecule has 0 aromatic heterocycles. The van der Waals surface area contributed by atoms with E-state index in [0.29, 0.717) is 5.25 Å². The molecule has 0 radical (unpaired) electrons. The Kier molecular flexibility index (Phi) is 13.5. The van der Waals surface area contributed by atoms with Crippen LogP contribution in [0.4, 0.5) is 0 Å². The number of thioether (sulfide) groups is 1. The van der Waals surface area contributed by atoms with E-state index in [1.54, 1.807) is 33.1 Å². The van der Waals surface area contributed by atoms with E-state index < -0.39 is 8.80 Å². The van der Waals surface area contributed by atoms with Gasteiger partial charge in [-0.3, -0.25) is 0 Å². The molecule has 0 spiro atoms. The second-order valence-electron chi connectivity index (χ2n) is 4.74. The number of hydrogen-bond acceptors (Lipinski definition) is 5. The van der Waals surface area contributed by atoms with E-state index in [9.17, 15) is 0 Å². The number of hydrogen-bond donors (Lipinski definition) is 1. The van der Waals surface area contributed by atoms with Crippen molar-refractivity contribution >= 4 is 48.9 Å². The van der Waals surface area contributed by atoms with Crippen molar-refractivity contribution in [2.24, 2.45) is 0 Å². The van der Waals surface area contributed by atoms with E-state index in [-0.39, 0.29) is 0 Å². The minimum atomic E-state index is -2.22. The first-order chi connectivity index (χ1) is 11.0. The Labute approximate surface area is 157 Å². The zero-order chi connectivity index (χ0) is 17.7. The van der Waals surface area contributed by atoms with E-state index in [0.717, 1.165) is 22.4 Å². The second-order valence-corrected chi connectivity index (χ2v) is 10.8. The molecule has 0 heterocycles. The number of thiocarbonyl (C=S) groups is 1. The number of rotatable bonds is 8. The van der Waals surface area contributed by atoms with Crippen molar-refractivity contribution in [1.29, 1.82) is 0 Å².